The number of aromatic nitrogens is 1. The van der Waals surface area contributed by atoms with E-state index < -0.39 is 5.91 Å². The topological polar surface area (TPSA) is 80.3 Å². The molecule has 0 aliphatic heterocycles. The minimum atomic E-state index is -0.440. The average Bonchev–Trinajstić information content (AvgIpc) is 3.48. The van der Waals surface area contributed by atoms with Gasteiger partial charge in [-0.2, -0.15) is 0 Å². The summed E-state index contributed by atoms with van der Waals surface area (Å²) in [7, 11) is 0. The van der Waals surface area contributed by atoms with E-state index in [9.17, 15) is 4.79 Å². The number of nitrogens with zero attached hydrogens (tertiary/aromatic N) is 1. The maximum Gasteiger partial charge on any atom is 0.293 e. The van der Waals surface area contributed by atoms with Gasteiger partial charge in [-0.15, -0.1) is 0 Å². The minimum Gasteiger partial charge on any atom is -0.451 e. The van der Waals surface area contributed by atoms with E-state index >= 15 is 0 Å². The maximum absolute atomic E-state index is 12.7. The normalized spacial score (nSPS) is 10.9. The largest absolute Gasteiger partial charge is 0.451 e. The number of amides is 1. The van der Waals surface area contributed by atoms with E-state index in [-0.39, 0.29) is 10.9 Å². The first-order valence-electron chi connectivity index (χ1n) is 10.8. The van der Waals surface area contributed by atoms with Gasteiger partial charge < -0.3 is 14.2 Å². The molecule has 0 aliphatic carbocycles. The first-order chi connectivity index (χ1) is 16.9. The third kappa shape index (κ3) is 4.96. The van der Waals surface area contributed by atoms with Crippen LogP contribution in [0.15, 0.2) is 81.6 Å². The second-order valence-corrected chi connectivity index (χ2v) is 8.93. The summed E-state index contributed by atoms with van der Waals surface area (Å²) in [6.07, 6.45) is 0. The Bertz CT molecular complexity index is 1590. The highest BCUT2D eigenvalue weighted by molar-refractivity contribution is 7.80. The fourth-order valence-electron chi connectivity index (χ4n) is 3.59. The van der Waals surface area contributed by atoms with E-state index in [1.165, 1.54) is 5.56 Å². The second-order valence-electron chi connectivity index (χ2n) is 8.08. The molecule has 35 heavy (non-hydrogen) atoms. The smallest absolute Gasteiger partial charge is 0.293 e. The quantitative estimate of drug-likeness (QED) is 0.254. The maximum atomic E-state index is 12.7. The highest BCUT2D eigenvalue weighted by Crippen LogP contribution is 2.28. The van der Waals surface area contributed by atoms with Gasteiger partial charge in [0.2, 0.25) is 5.89 Å². The molecule has 0 aliphatic rings. The number of halogens is 1. The number of carbonyl (C=O) groups is 1. The lowest BCUT2D eigenvalue weighted by Gasteiger charge is -2.09. The molecular formula is C27H20ClN3O3S. The molecule has 0 unspecified atom stereocenters. The van der Waals surface area contributed by atoms with E-state index in [1.807, 2.05) is 56.3 Å². The van der Waals surface area contributed by atoms with Gasteiger partial charge in [-0.3, -0.25) is 10.1 Å². The van der Waals surface area contributed by atoms with Gasteiger partial charge >= 0.3 is 0 Å². The van der Waals surface area contributed by atoms with Crippen LogP contribution in [0, 0.1) is 13.8 Å². The number of hydrogen-bond donors (Lipinski definition) is 2. The molecular weight excluding hydrogens is 482 g/mol. The molecule has 2 N–H and O–H groups in total. The Hall–Kier alpha value is -3.94. The van der Waals surface area contributed by atoms with E-state index in [0.29, 0.717) is 33.5 Å². The summed E-state index contributed by atoms with van der Waals surface area (Å²) >= 11 is 11.4. The molecule has 0 atom stereocenters. The molecule has 8 heteroatoms. The predicted molar refractivity (Wildman–Crippen MR) is 142 cm³/mol. The van der Waals surface area contributed by atoms with Crippen LogP contribution in [0.25, 0.3) is 33.9 Å². The third-order valence-electron chi connectivity index (χ3n) is 5.57. The summed E-state index contributed by atoms with van der Waals surface area (Å²) in [5.41, 5.74) is 5.99. The molecule has 3 aromatic carbocycles. The number of benzene rings is 3. The molecule has 0 saturated carbocycles. The van der Waals surface area contributed by atoms with Crippen LogP contribution < -0.4 is 10.6 Å². The fourth-order valence-corrected chi connectivity index (χ4v) is 3.97. The monoisotopic (exact) mass is 501 g/mol. The number of oxazole rings is 1. The van der Waals surface area contributed by atoms with Crippen LogP contribution in [0.4, 0.5) is 5.69 Å². The molecule has 2 heterocycles. The summed E-state index contributed by atoms with van der Waals surface area (Å²) in [4.78, 5) is 17.2. The Kier molecular flexibility index (Phi) is 6.11. The molecule has 5 rings (SSSR count). The number of furan rings is 1. The van der Waals surface area contributed by atoms with Crippen molar-refractivity contribution in [3.05, 3.63) is 94.7 Å². The third-order valence-corrected chi connectivity index (χ3v) is 6.00. The van der Waals surface area contributed by atoms with Crippen molar-refractivity contribution in [2.75, 3.05) is 5.32 Å². The van der Waals surface area contributed by atoms with Gasteiger partial charge in [-0.05, 0) is 91.8 Å². The van der Waals surface area contributed by atoms with Crippen molar-refractivity contribution in [2.45, 2.75) is 13.8 Å². The average molecular weight is 502 g/mol. The number of aryl methyl sites for hydroxylation is 2. The minimum absolute atomic E-state index is 0.139. The lowest BCUT2D eigenvalue weighted by molar-refractivity contribution is 0.0951. The van der Waals surface area contributed by atoms with Crippen LogP contribution in [0.5, 0.6) is 0 Å². The molecule has 174 valence electrons. The molecule has 5 aromatic rings. The highest BCUT2D eigenvalue weighted by Gasteiger charge is 2.15. The molecule has 0 saturated heterocycles. The van der Waals surface area contributed by atoms with E-state index in [1.54, 1.807) is 30.3 Å². The Morgan fingerprint density at radius 3 is 2.60 bits per heavy atom. The van der Waals surface area contributed by atoms with Crippen molar-refractivity contribution in [1.29, 1.82) is 0 Å². The second kappa shape index (κ2) is 9.37. The SMILES string of the molecule is Cc1ccc(-c2ccc(C(=O)NC(=S)Nc3cccc(-c4nc5cc(Cl)ccc5o4)c3)o2)cc1C. The van der Waals surface area contributed by atoms with Crippen LogP contribution in [-0.4, -0.2) is 16.0 Å². The van der Waals surface area contributed by atoms with Crippen molar-refractivity contribution >= 4 is 51.6 Å². The van der Waals surface area contributed by atoms with Crippen molar-refractivity contribution in [3.63, 3.8) is 0 Å². The van der Waals surface area contributed by atoms with Crippen LogP contribution in [-0.2, 0) is 0 Å². The summed E-state index contributed by atoms with van der Waals surface area (Å²) in [6.45, 7) is 4.08. The number of anilines is 1. The number of carbonyl (C=O) groups excluding carboxylic acids is 1. The molecule has 6 nitrogen and oxygen atoms in total. The lowest BCUT2D eigenvalue weighted by atomic mass is 10.1. The first kappa shape index (κ1) is 22.8. The Morgan fingerprint density at radius 2 is 1.77 bits per heavy atom. The fraction of sp³-hybridized carbons (Fsp3) is 0.0741. The Morgan fingerprint density at radius 1 is 0.914 bits per heavy atom. The van der Waals surface area contributed by atoms with Crippen LogP contribution >= 0.6 is 23.8 Å². The highest BCUT2D eigenvalue weighted by atomic mass is 35.5. The lowest BCUT2D eigenvalue weighted by Crippen LogP contribution is -2.33. The molecule has 1 amide bonds. The number of nitrogens with one attached hydrogen (secondary N) is 2. The first-order valence-corrected chi connectivity index (χ1v) is 11.6. The van der Waals surface area contributed by atoms with Gasteiger partial charge in [0.25, 0.3) is 5.91 Å². The summed E-state index contributed by atoms with van der Waals surface area (Å²) in [5, 5.41) is 6.39. The summed E-state index contributed by atoms with van der Waals surface area (Å²) in [6, 6.07) is 22.1. The Labute approximate surface area is 211 Å². The predicted octanol–water partition coefficient (Wildman–Crippen LogP) is 7.15. The van der Waals surface area contributed by atoms with Gasteiger partial charge in [-0.25, -0.2) is 4.98 Å². The van der Waals surface area contributed by atoms with Gasteiger partial charge in [0.05, 0.1) is 0 Å². The van der Waals surface area contributed by atoms with Crippen LogP contribution in [0.2, 0.25) is 5.02 Å². The van der Waals surface area contributed by atoms with Gasteiger partial charge in [0, 0.05) is 21.8 Å². The van der Waals surface area contributed by atoms with Crippen molar-refractivity contribution in [1.82, 2.24) is 10.3 Å². The molecule has 0 spiro atoms. The number of hydrogen-bond acceptors (Lipinski definition) is 5. The zero-order valence-electron chi connectivity index (χ0n) is 18.9. The molecule has 2 aromatic heterocycles. The van der Waals surface area contributed by atoms with Gasteiger partial charge in [-0.1, -0.05) is 29.8 Å². The molecule has 0 radical (unpaired) electrons. The van der Waals surface area contributed by atoms with Gasteiger partial charge in [0.1, 0.15) is 11.3 Å². The van der Waals surface area contributed by atoms with Crippen molar-refractivity contribution in [3.8, 4) is 22.8 Å². The van der Waals surface area contributed by atoms with Crippen molar-refractivity contribution < 1.29 is 13.6 Å². The molecule has 0 bridgehead atoms. The summed E-state index contributed by atoms with van der Waals surface area (Å²) in [5.74, 6) is 0.797. The van der Waals surface area contributed by atoms with E-state index in [4.69, 9.17) is 32.7 Å². The summed E-state index contributed by atoms with van der Waals surface area (Å²) < 4.78 is 11.6. The van der Waals surface area contributed by atoms with Crippen LogP contribution in [0.3, 0.4) is 0 Å². The standard InChI is InChI=1S/C27H20ClN3O3S/c1-15-6-7-17(12-16(15)2)22-10-11-24(33-22)25(32)31-27(35)29-20-5-3-4-18(13-20)26-30-21-14-19(28)8-9-23(21)34-26/h3-14H,1-2H3,(H2,29,31,32,35). The van der Waals surface area contributed by atoms with E-state index in [0.717, 1.165) is 16.7 Å². The zero-order chi connectivity index (χ0) is 24.5. The van der Waals surface area contributed by atoms with E-state index in [2.05, 4.69) is 15.6 Å². The number of fused-ring (bicyclic) bond motifs is 1. The number of rotatable bonds is 4. The Balaban J connectivity index is 1.27. The van der Waals surface area contributed by atoms with Crippen LogP contribution in [0.1, 0.15) is 21.7 Å². The van der Waals surface area contributed by atoms with Crippen molar-refractivity contribution in [2.24, 2.45) is 0 Å². The molecule has 0 fully saturated rings. The van der Waals surface area contributed by atoms with Gasteiger partial charge in [0.15, 0.2) is 16.5 Å². The number of thiocarbonyl (C=S) groups is 1. The zero-order valence-corrected chi connectivity index (χ0v) is 20.5.